The molecule has 1 rings (SSSR count). The van der Waals surface area contributed by atoms with E-state index >= 15 is 0 Å². The lowest BCUT2D eigenvalue weighted by Crippen LogP contribution is -2.30. The van der Waals surface area contributed by atoms with E-state index in [1.54, 1.807) is 6.07 Å². The molecule has 72 valence electrons. The smallest absolute Gasteiger partial charge is 0.268 e. The number of hydrogen-bond donors (Lipinski definition) is 2. The fraction of sp³-hybridized carbons (Fsp3) is 0. The first-order valence-electron chi connectivity index (χ1n) is 3.11. The van der Waals surface area contributed by atoms with E-state index in [2.05, 4.69) is 0 Å². The van der Waals surface area contributed by atoms with Crippen LogP contribution in [0.3, 0.4) is 0 Å². The normalized spacial score (nSPS) is 8.85. The van der Waals surface area contributed by atoms with Crippen LogP contribution < -0.4 is 11.3 Å². The van der Waals surface area contributed by atoms with E-state index in [0.717, 1.165) is 3.57 Å². The molecular weight excluding hydrogens is 309 g/mol. The third-order valence-electron chi connectivity index (χ3n) is 1.30. The van der Waals surface area contributed by atoms with Gasteiger partial charge < -0.3 is 0 Å². The van der Waals surface area contributed by atoms with Crippen molar-refractivity contribution < 1.29 is 9.18 Å². The van der Waals surface area contributed by atoms with Gasteiger partial charge in [0.15, 0.2) is 0 Å². The zero-order chi connectivity index (χ0) is 9.14. The average Bonchev–Trinajstić information content (AvgIpc) is 2.08. The molecule has 0 radical (unpaired) electrons. The molecule has 0 saturated carbocycles. The lowest BCUT2D eigenvalue weighted by atomic mass is 10.2. The molecule has 6 heteroatoms. The second kappa shape index (κ2) is 5.36. The summed E-state index contributed by atoms with van der Waals surface area (Å²) in [4.78, 5) is 10.9. The van der Waals surface area contributed by atoms with Gasteiger partial charge in [0.05, 0.1) is 5.56 Å². The van der Waals surface area contributed by atoms with Crippen molar-refractivity contribution in [1.29, 1.82) is 0 Å². The Bertz CT molecular complexity index is 321. The molecule has 0 aromatic heterocycles. The molecule has 0 aliphatic carbocycles. The Morgan fingerprint density at radius 2 is 2.15 bits per heavy atom. The number of nitrogens with two attached hydrogens (primary N) is 1. The predicted octanol–water partition coefficient (Wildman–Crippen LogP) is 1.46. The maximum atomic E-state index is 12.9. The summed E-state index contributed by atoms with van der Waals surface area (Å²) in [5, 5.41) is 0. The highest BCUT2D eigenvalue weighted by Gasteiger charge is 2.09. The van der Waals surface area contributed by atoms with Crippen LogP contribution >= 0.6 is 35.0 Å². The van der Waals surface area contributed by atoms with Crippen LogP contribution in [-0.2, 0) is 0 Å². The minimum absolute atomic E-state index is 0. The number of halogens is 3. The minimum Gasteiger partial charge on any atom is -0.290 e. The molecule has 1 aromatic carbocycles. The first-order valence-corrected chi connectivity index (χ1v) is 4.19. The summed E-state index contributed by atoms with van der Waals surface area (Å²) < 4.78 is 13.7. The van der Waals surface area contributed by atoms with Gasteiger partial charge in [0.1, 0.15) is 5.82 Å². The molecule has 0 unspecified atom stereocenters. The first-order chi connectivity index (χ1) is 5.65. The maximum Gasteiger partial charge on any atom is 0.268 e. The molecule has 0 fully saturated rings. The number of carbonyl (C=O) groups excluding carboxylic acids is 1. The van der Waals surface area contributed by atoms with E-state index < -0.39 is 11.7 Å². The minimum atomic E-state index is -0.619. The zero-order valence-electron chi connectivity index (χ0n) is 6.38. The molecule has 3 N–H and O–H groups in total. The molecule has 1 amide bonds. The lowest BCUT2D eigenvalue weighted by molar-refractivity contribution is 0.0949. The Kier molecular flexibility index (Phi) is 5.19. The number of carbonyl (C=O) groups is 1. The zero-order valence-corrected chi connectivity index (χ0v) is 9.36. The van der Waals surface area contributed by atoms with Gasteiger partial charge in [-0.15, -0.1) is 12.4 Å². The average molecular weight is 317 g/mol. The van der Waals surface area contributed by atoms with Gasteiger partial charge in [0.25, 0.3) is 5.91 Å². The van der Waals surface area contributed by atoms with Crippen LogP contribution in [0.25, 0.3) is 0 Å². The molecule has 0 aliphatic heterocycles. The monoisotopic (exact) mass is 316 g/mol. The topological polar surface area (TPSA) is 55.1 Å². The molecule has 13 heavy (non-hydrogen) atoms. The van der Waals surface area contributed by atoms with Crippen molar-refractivity contribution in [3.8, 4) is 0 Å². The highest BCUT2D eigenvalue weighted by Crippen LogP contribution is 2.11. The SMILES string of the molecule is Cl.NNC(=O)c1cc(I)ccc1F. The lowest BCUT2D eigenvalue weighted by Gasteiger charge is -2.00. The molecule has 0 saturated heterocycles. The van der Waals surface area contributed by atoms with Crippen LogP contribution in [0.4, 0.5) is 4.39 Å². The van der Waals surface area contributed by atoms with Crippen LogP contribution in [0.15, 0.2) is 18.2 Å². The fourth-order valence-electron chi connectivity index (χ4n) is 0.749. The maximum absolute atomic E-state index is 12.9. The summed E-state index contributed by atoms with van der Waals surface area (Å²) in [6, 6.07) is 4.23. The van der Waals surface area contributed by atoms with Crippen molar-refractivity contribution in [3.63, 3.8) is 0 Å². The van der Waals surface area contributed by atoms with Gasteiger partial charge in [-0.2, -0.15) is 0 Å². The quantitative estimate of drug-likeness (QED) is 0.357. The van der Waals surface area contributed by atoms with Crippen molar-refractivity contribution in [2.24, 2.45) is 5.84 Å². The molecule has 0 heterocycles. The van der Waals surface area contributed by atoms with E-state index in [4.69, 9.17) is 5.84 Å². The van der Waals surface area contributed by atoms with Crippen LogP contribution in [0.5, 0.6) is 0 Å². The largest absolute Gasteiger partial charge is 0.290 e. The standard InChI is InChI=1S/C7H6FIN2O.ClH/c8-6-2-1-4(9)3-5(6)7(12)11-10;/h1-3H,10H2,(H,11,12);1H. The van der Waals surface area contributed by atoms with E-state index in [1.165, 1.54) is 12.1 Å². The van der Waals surface area contributed by atoms with Gasteiger partial charge in [-0.25, -0.2) is 10.2 Å². The Balaban J connectivity index is 0.00000144. The highest BCUT2D eigenvalue weighted by molar-refractivity contribution is 14.1. The summed E-state index contributed by atoms with van der Waals surface area (Å²) in [7, 11) is 0. The first kappa shape index (κ1) is 12.6. The highest BCUT2D eigenvalue weighted by atomic mass is 127. The summed E-state index contributed by atoms with van der Waals surface area (Å²) in [5.74, 6) is 3.66. The number of hydrogen-bond acceptors (Lipinski definition) is 2. The number of benzene rings is 1. The third-order valence-corrected chi connectivity index (χ3v) is 1.98. The fourth-order valence-corrected chi connectivity index (χ4v) is 1.24. The molecule has 0 bridgehead atoms. The summed E-state index contributed by atoms with van der Waals surface area (Å²) in [6.45, 7) is 0. The number of hydrazine groups is 1. The molecule has 0 spiro atoms. The van der Waals surface area contributed by atoms with Gasteiger partial charge in [-0.3, -0.25) is 10.2 Å². The number of amides is 1. The summed E-state index contributed by atoms with van der Waals surface area (Å²) >= 11 is 1.98. The van der Waals surface area contributed by atoms with Gasteiger partial charge in [-0.05, 0) is 40.8 Å². The Morgan fingerprint density at radius 3 is 2.69 bits per heavy atom. The van der Waals surface area contributed by atoms with Gasteiger partial charge in [-0.1, -0.05) is 0 Å². The van der Waals surface area contributed by atoms with Crippen LogP contribution in [0, 0.1) is 9.39 Å². The van der Waals surface area contributed by atoms with Gasteiger partial charge in [0.2, 0.25) is 0 Å². The predicted molar refractivity (Wildman–Crippen MR) is 58.0 cm³/mol. The molecule has 1 aromatic rings. The number of nitrogens with one attached hydrogen (secondary N) is 1. The Hall–Kier alpha value is -0.400. The molecule has 0 aliphatic rings. The third kappa shape index (κ3) is 3.09. The van der Waals surface area contributed by atoms with Crippen LogP contribution in [0.1, 0.15) is 10.4 Å². The summed E-state index contributed by atoms with van der Waals surface area (Å²) in [6.07, 6.45) is 0. The van der Waals surface area contributed by atoms with E-state index in [1.807, 2.05) is 28.0 Å². The second-order valence-corrected chi connectivity index (χ2v) is 3.34. The van der Waals surface area contributed by atoms with E-state index in [0.29, 0.717) is 0 Å². The van der Waals surface area contributed by atoms with Crippen molar-refractivity contribution >= 4 is 40.9 Å². The molecule has 0 atom stereocenters. The number of rotatable bonds is 1. The van der Waals surface area contributed by atoms with Crippen LogP contribution in [-0.4, -0.2) is 5.91 Å². The van der Waals surface area contributed by atoms with Crippen molar-refractivity contribution in [2.45, 2.75) is 0 Å². The van der Waals surface area contributed by atoms with Crippen molar-refractivity contribution in [3.05, 3.63) is 33.1 Å². The van der Waals surface area contributed by atoms with Crippen LogP contribution in [0.2, 0.25) is 0 Å². The van der Waals surface area contributed by atoms with Crippen molar-refractivity contribution in [2.75, 3.05) is 0 Å². The second-order valence-electron chi connectivity index (χ2n) is 2.10. The summed E-state index contributed by atoms with van der Waals surface area (Å²) in [5.41, 5.74) is 1.83. The van der Waals surface area contributed by atoms with Gasteiger partial charge in [0, 0.05) is 3.57 Å². The van der Waals surface area contributed by atoms with Crippen molar-refractivity contribution in [1.82, 2.24) is 5.43 Å². The molecule has 3 nitrogen and oxygen atoms in total. The Morgan fingerprint density at radius 1 is 1.54 bits per heavy atom. The number of nitrogen functional groups attached to an aromatic ring is 1. The molecular formula is C7H7ClFIN2O. The van der Waals surface area contributed by atoms with E-state index in [-0.39, 0.29) is 18.0 Å². The van der Waals surface area contributed by atoms with Gasteiger partial charge >= 0.3 is 0 Å². The Labute approximate surface area is 94.4 Å². The van der Waals surface area contributed by atoms with E-state index in [9.17, 15) is 9.18 Å².